The number of aromatic nitrogens is 1. The van der Waals surface area contributed by atoms with Crippen LogP contribution in [0.15, 0.2) is 30.5 Å². The SMILES string of the molecule is CN(C(=O)COC(=O)Cc1c[nH]c2ccccc12)[C@H]1CCS(=O)(=O)C1. The lowest BCUT2D eigenvalue weighted by atomic mass is 10.1. The summed E-state index contributed by atoms with van der Waals surface area (Å²) in [6.07, 6.45) is 2.25. The van der Waals surface area contributed by atoms with Gasteiger partial charge in [-0.3, -0.25) is 9.59 Å². The number of likely N-dealkylation sites (N-methyl/N-ethyl adjacent to an activating group) is 1. The third-order valence-corrected chi connectivity index (χ3v) is 6.27. The van der Waals surface area contributed by atoms with Crippen LogP contribution in [0, 0.1) is 0 Å². The van der Waals surface area contributed by atoms with Crippen molar-refractivity contribution in [3.05, 3.63) is 36.0 Å². The molecule has 2 heterocycles. The minimum atomic E-state index is -3.07. The van der Waals surface area contributed by atoms with E-state index in [0.29, 0.717) is 6.42 Å². The van der Waals surface area contributed by atoms with Gasteiger partial charge in [0, 0.05) is 30.2 Å². The average Bonchev–Trinajstić information content (AvgIpc) is 3.15. The summed E-state index contributed by atoms with van der Waals surface area (Å²) in [6, 6.07) is 7.27. The topological polar surface area (TPSA) is 96.5 Å². The highest BCUT2D eigenvalue weighted by molar-refractivity contribution is 7.91. The fourth-order valence-corrected chi connectivity index (χ4v) is 4.79. The van der Waals surface area contributed by atoms with Gasteiger partial charge in [-0.1, -0.05) is 18.2 Å². The number of esters is 1. The Hall–Kier alpha value is -2.35. The number of para-hydroxylation sites is 1. The number of H-pyrrole nitrogens is 1. The van der Waals surface area contributed by atoms with E-state index in [1.807, 2.05) is 24.3 Å². The van der Waals surface area contributed by atoms with Gasteiger partial charge in [0.25, 0.3) is 5.91 Å². The number of hydrogen-bond acceptors (Lipinski definition) is 5. The van der Waals surface area contributed by atoms with E-state index < -0.39 is 21.7 Å². The van der Waals surface area contributed by atoms with Crippen molar-refractivity contribution in [3.8, 4) is 0 Å². The predicted octanol–water partition coefficient (Wildman–Crippen LogP) is 0.899. The summed E-state index contributed by atoms with van der Waals surface area (Å²) in [6.45, 7) is -0.381. The second kappa shape index (κ2) is 6.87. The molecule has 0 aliphatic carbocycles. The molecule has 1 aliphatic rings. The minimum Gasteiger partial charge on any atom is -0.455 e. The van der Waals surface area contributed by atoms with Gasteiger partial charge < -0.3 is 14.6 Å². The molecule has 0 spiro atoms. The highest BCUT2D eigenvalue weighted by Crippen LogP contribution is 2.19. The van der Waals surface area contributed by atoms with Crippen LogP contribution < -0.4 is 0 Å². The molecule has 0 unspecified atom stereocenters. The van der Waals surface area contributed by atoms with Crippen LogP contribution in [0.3, 0.4) is 0 Å². The zero-order valence-corrected chi connectivity index (χ0v) is 14.7. The maximum absolute atomic E-state index is 12.1. The second-order valence-corrected chi connectivity index (χ2v) is 8.49. The summed E-state index contributed by atoms with van der Waals surface area (Å²) in [4.78, 5) is 28.6. The molecule has 1 aromatic heterocycles. The molecule has 0 saturated carbocycles. The predicted molar refractivity (Wildman–Crippen MR) is 92.8 cm³/mol. The number of amides is 1. The Kier molecular flexibility index (Phi) is 4.80. The van der Waals surface area contributed by atoms with E-state index in [-0.39, 0.29) is 30.6 Å². The highest BCUT2D eigenvalue weighted by atomic mass is 32.2. The number of carbonyl (C=O) groups is 2. The summed E-state index contributed by atoms with van der Waals surface area (Å²) >= 11 is 0. The van der Waals surface area contributed by atoms with E-state index in [1.54, 1.807) is 13.2 Å². The van der Waals surface area contributed by atoms with E-state index >= 15 is 0 Å². The summed E-state index contributed by atoms with van der Waals surface area (Å²) < 4.78 is 28.1. The van der Waals surface area contributed by atoms with Gasteiger partial charge in [0.2, 0.25) is 0 Å². The van der Waals surface area contributed by atoms with Gasteiger partial charge >= 0.3 is 5.97 Å². The molecular weight excluding hydrogens is 344 g/mol. The van der Waals surface area contributed by atoms with Gasteiger partial charge in [-0.05, 0) is 18.1 Å². The molecule has 3 rings (SSSR count). The van der Waals surface area contributed by atoms with Crippen LogP contribution in [0.1, 0.15) is 12.0 Å². The Morgan fingerprint density at radius 2 is 2.08 bits per heavy atom. The van der Waals surface area contributed by atoms with E-state index in [0.717, 1.165) is 16.5 Å². The molecule has 8 heteroatoms. The van der Waals surface area contributed by atoms with Gasteiger partial charge in [-0.25, -0.2) is 8.42 Å². The monoisotopic (exact) mass is 364 g/mol. The number of fused-ring (bicyclic) bond motifs is 1. The lowest BCUT2D eigenvalue weighted by Crippen LogP contribution is -2.40. The van der Waals surface area contributed by atoms with E-state index in [2.05, 4.69) is 4.98 Å². The molecule has 25 heavy (non-hydrogen) atoms. The van der Waals surface area contributed by atoms with Crippen LogP contribution in [-0.4, -0.2) is 61.4 Å². The van der Waals surface area contributed by atoms with Crippen LogP contribution in [0.25, 0.3) is 10.9 Å². The normalized spacial score (nSPS) is 19.0. The highest BCUT2D eigenvalue weighted by Gasteiger charge is 2.32. The number of benzene rings is 1. The molecule has 1 N–H and O–H groups in total. The average molecular weight is 364 g/mol. The molecular formula is C17H20N2O5S. The first kappa shape index (κ1) is 17.5. The quantitative estimate of drug-likeness (QED) is 0.795. The number of nitrogens with one attached hydrogen (secondary N) is 1. The largest absolute Gasteiger partial charge is 0.455 e. The molecule has 1 fully saturated rings. The number of aromatic amines is 1. The first-order valence-corrected chi connectivity index (χ1v) is 9.84. The Balaban J connectivity index is 1.53. The Bertz CT molecular complexity index is 903. The molecule has 1 atom stereocenters. The van der Waals surface area contributed by atoms with Crippen LogP contribution in [0.4, 0.5) is 0 Å². The molecule has 1 aliphatic heterocycles. The maximum Gasteiger partial charge on any atom is 0.310 e. The zero-order chi connectivity index (χ0) is 18.0. The lowest BCUT2D eigenvalue weighted by Gasteiger charge is -2.23. The fraction of sp³-hybridized carbons (Fsp3) is 0.412. The smallest absolute Gasteiger partial charge is 0.310 e. The number of carbonyl (C=O) groups excluding carboxylic acids is 2. The summed E-state index contributed by atoms with van der Waals surface area (Å²) in [7, 11) is -1.52. The summed E-state index contributed by atoms with van der Waals surface area (Å²) in [5.41, 5.74) is 1.74. The standard InChI is InChI=1S/C17H20N2O5S/c1-19(13-6-7-25(22,23)11-13)16(20)10-24-17(21)8-12-9-18-15-5-3-2-4-14(12)15/h2-5,9,13,18H,6-8,10-11H2,1H3/t13-/m0/s1. The van der Waals surface area contributed by atoms with Crippen molar-refractivity contribution < 1.29 is 22.7 Å². The third kappa shape index (κ3) is 4.01. The number of sulfone groups is 1. The van der Waals surface area contributed by atoms with E-state index in [9.17, 15) is 18.0 Å². The first-order valence-electron chi connectivity index (χ1n) is 8.02. The number of ether oxygens (including phenoxy) is 1. The molecule has 1 amide bonds. The van der Waals surface area contributed by atoms with E-state index in [1.165, 1.54) is 4.90 Å². The Morgan fingerprint density at radius 3 is 2.80 bits per heavy atom. The van der Waals surface area contributed by atoms with Crippen LogP contribution in [-0.2, 0) is 30.6 Å². The Morgan fingerprint density at radius 1 is 1.32 bits per heavy atom. The molecule has 1 aromatic carbocycles. The zero-order valence-electron chi connectivity index (χ0n) is 13.9. The van der Waals surface area contributed by atoms with Crippen molar-refractivity contribution in [1.29, 1.82) is 0 Å². The van der Waals surface area contributed by atoms with Crippen LogP contribution in [0.2, 0.25) is 0 Å². The van der Waals surface area contributed by atoms with Crippen LogP contribution >= 0.6 is 0 Å². The fourth-order valence-electron chi connectivity index (χ4n) is 3.01. The molecule has 1 saturated heterocycles. The first-order chi connectivity index (χ1) is 11.9. The van der Waals surface area contributed by atoms with Gasteiger partial charge in [0.1, 0.15) is 0 Å². The van der Waals surface area contributed by atoms with Gasteiger partial charge in [-0.2, -0.15) is 0 Å². The molecule has 7 nitrogen and oxygen atoms in total. The van der Waals surface area contributed by atoms with Crippen molar-refractivity contribution in [2.24, 2.45) is 0 Å². The summed E-state index contributed by atoms with van der Waals surface area (Å²) in [5.74, 6) is -0.825. The summed E-state index contributed by atoms with van der Waals surface area (Å²) in [5, 5.41) is 0.944. The van der Waals surface area contributed by atoms with Crippen LogP contribution in [0.5, 0.6) is 0 Å². The number of hydrogen-bond donors (Lipinski definition) is 1. The van der Waals surface area contributed by atoms with Gasteiger partial charge in [0.05, 0.1) is 17.9 Å². The number of nitrogens with zero attached hydrogens (tertiary/aromatic N) is 1. The minimum absolute atomic E-state index is 0.0292. The maximum atomic E-state index is 12.1. The van der Waals surface area contributed by atoms with Crippen molar-refractivity contribution >= 4 is 32.6 Å². The second-order valence-electron chi connectivity index (χ2n) is 6.26. The van der Waals surface area contributed by atoms with Gasteiger partial charge in [0.15, 0.2) is 16.4 Å². The molecule has 134 valence electrons. The molecule has 2 aromatic rings. The van der Waals surface area contributed by atoms with Crippen molar-refractivity contribution in [2.75, 3.05) is 25.2 Å². The van der Waals surface area contributed by atoms with Crippen molar-refractivity contribution in [2.45, 2.75) is 18.9 Å². The lowest BCUT2D eigenvalue weighted by molar-refractivity contribution is -0.151. The molecule has 0 radical (unpaired) electrons. The molecule has 0 bridgehead atoms. The number of rotatable bonds is 5. The van der Waals surface area contributed by atoms with Gasteiger partial charge in [-0.15, -0.1) is 0 Å². The van der Waals surface area contributed by atoms with E-state index in [4.69, 9.17) is 4.74 Å². The van der Waals surface area contributed by atoms with Crippen molar-refractivity contribution in [3.63, 3.8) is 0 Å². The van der Waals surface area contributed by atoms with Crippen molar-refractivity contribution in [1.82, 2.24) is 9.88 Å². The Labute approximate surface area is 145 Å². The third-order valence-electron chi connectivity index (χ3n) is 4.52.